The standard InChI is InChI=1S/C16H23ClO3/c1-5-19-16-13(18)8-15(16)20-14-7-11(9(2)3)12(17)6-10(14)4/h6-7,9,13,15-16,18H,5,8H2,1-4H3. The number of aliphatic hydroxyl groups excluding tert-OH is 1. The number of hydrogen-bond donors (Lipinski definition) is 1. The van der Waals surface area contributed by atoms with Crippen LogP contribution in [-0.4, -0.2) is 30.0 Å². The number of aryl methyl sites for hydroxylation is 1. The van der Waals surface area contributed by atoms with Gasteiger partial charge in [-0.15, -0.1) is 0 Å². The molecule has 1 aliphatic carbocycles. The minimum absolute atomic E-state index is 0.0789. The molecule has 3 unspecified atom stereocenters. The monoisotopic (exact) mass is 298 g/mol. The van der Waals surface area contributed by atoms with E-state index in [1.165, 1.54) is 0 Å². The molecule has 0 aliphatic heterocycles. The van der Waals surface area contributed by atoms with Gasteiger partial charge in [-0.1, -0.05) is 25.4 Å². The second-order valence-electron chi connectivity index (χ2n) is 5.67. The summed E-state index contributed by atoms with van der Waals surface area (Å²) in [6, 6.07) is 3.95. The highest BCUT2D eigenvalue weighted by Crippen LogP contribution is 2.35. The second kappa shape index (κ2) is 6.33. The van der Waals surface area contributed by atoms with Gasteiger partial charge in [-0.3, -0.25) is 0 Å². The Bertz CT molecular complexity index is 473. The van der Waals surface area contributed by atoms with Gasteiger partial charge in [-0.25, -0.2) is 0 Å². The molecule has 0 saturated heterocycles. The Morgan fingerprint density at radius 3 is 2.65 bits per heavy atom. The fourth-order valence-electron chi connectivity index (χ4n) is 2.49. The van der Waals surface area contributed by atoms with Gasteiger partial charge < -0.3 is 14.6 Å². The summed E-state index contributed by atoms with van der Waals surface area (Å²) in [6.07, 6.45) is -0.108. The summed E-state index contributed by atoms with van der Waals surface area (Å²) in [6.45, 7) is 8.70. The lowest BCUT2D eigenvalue weighted by atomic mass is 9.88. The van der Waals surface area contributed by atoms with Crippen LogP contribution in [0.4, 0.5) is 0 Å². The van der Waals surface area contributed by atoms with E-state index in [0.29, 0.717) is 18.9 Å². The first-order chi connectivity index (χ1) is 9.43. The van der Waals surface area contributed by atoms with Crippen LogP contribution >= 0.6 is 11.6 Å². The molecule has 0 bridgehead atoms. The van der Waals surface area contributed by atoms with Crippen LogP contribution in [0, 0.1) is 6.92 Å². The lowest BCUT2D eigenvalue weighted by molar-refractivity contribution is -0.160. The van der Waals surface area contributed by atoms with Gasteiger partial charge in [-0.05, 0) is 43.0 Å². The molecule has 1 N–H and O–H groups in total. The van der Waals surface area contributed by atoms with Crippen LogP contribution in [0.1, 0.15) is 44.2 Å². The van der Waals surface area contributed by atoms with Crippen molar-refractivity contribution < 1.29 is 14.6 Å². The van der Waals surface area contributed by atoms with Gasteiger partial charge in [0.1, 0.15) is 18.0 Å². The highest BCUT2D eigenvalue weighted by Gasteiger charge is 2.42. The number of ether oxygens (including phenoxy) is 2. The van der Waals surface area contributed by atoms with Crippen molar-refractivity contribution >= 4 is 11.6 Å². The van der Waals surface area contributed by atoms with Crippen molar-refractivity contribution in [1.29, 1.82) is 0 Å². The van der Waals surface area contributed by atoms with Gasteiger partial charge in [0.2, 0.25) is 0 Å². The topological polar surface area (TPSA) is 38.7 Å². The summed E-state index contributed by atoms with van der Waals surface area (Å²) in [7, 11) is 0. The average molecular weight is 299 g/mol. The van der Waals surface area contributed by atoms with Crippen molar-refractivity contribution in [3.63, 3.8) is 0 Å². The first-order valence-electron chi connectivity index (χ1n) is 7.20. The quantitative estimate of drug-likeness (QED) is 0.901. The Morgan fingerprint density at radius 2 is 2.10 bits per heavy atom. The van der Waals surface area contributed by atoms with Crippen LogP contribution < -0.4 is 4.74 Å². The third-order valence-corrected chi connectivity index (χ3v) is 4.10. The van der Waals surface area contributed by atoms with Crippen LogP contribution in [0.2, 0.25) is 5.02 Å². The first-order valence-corrected chi connectivity index (χ1v) is 7.58. The van der Waals surface area contributed by atoms with Crippen LogP contribution in [0.15, 0.2) is 12.1 Å². The third kappa shape index (κ3) is 3.11. The molecule has 2 rings (SSSR count). The Hall–Kier alpha value is -0.770. The minimum Gasteiger partial charge on any atom is -0.487 e. The highest BCUT2D eigenvalue weighted by atomic mass is 35.5. The maximum Gasteiger partial charge on any atom is 0.130 e. The van der Waals surface area contributed by atoms with Gasteiger partial charge in [-0.2, -0.15) is 0 Å². The van der Waals surface area contributed by atoms with Crippen LogP contribution in [0.25, 0.3) is 0 Å². The van der Waals surface area contributed by atoms with E-state index in [9.17, 15) is 5.11 Å². The van der Waals surface area contributed by atoms with E-state index in [1.807, 2.05) is 26.0 Å². The Morgan fingerprint density at radius 1 is 1.40 bits per heavy atom. The van der Waals surface area contributed by atoms with E-state index in [2.05, 4.69) is 13.8 Å². The molecule has 3 atom stereocenters. The second-order valence-corrected chi connectivity index (χ2v) is 6.08. The fourth-order valence-corrected chi connectivity index (χ4v) is 2.92. The molecule has 1 aromatic carbocycles. The van der Waals surface area contributed by atoms with E-state index in [1.54, 1.807) is 0 Å². The zero-order valence-electron chi connectivity index (χ0n) is 12.5. The summed E-state index contributed by atoms with van der Waals surface area (Å²) < 4.78 is 11.5. The Labute approximate surface area is 125 Å². The number of benzene rings is 1. The highest BCUT2D eigenvalue weighted by molar-refractivity contribution is 6.31. The molecule has 20 heavy (non-hydrogen) atoms. The van der Waals surface area contributed by atoms with Gasteiger partial charge >= 0.3 is 0 Å². The molecule has 0 radical (unpaired) electrons. The van der Waals surface area contributed by atoms with Crippen LogP contribution in [0.3, 0.4) is 0 Å². The largest absolute Gasteiger partial charge is 0.487 e. The molecule has 1 fully saturated rings. The molecule has 1 aliphatic rings. The molecule has 4 heteroatoms. The van der Waals surface area contributed by atoms with E-state index < -0.39 is 6.10 Å². The molecule has 1 aromatic rings. The predicted molar refractivity (Wildman–Crippen MR) is 80.7 cm³/mol. The molecule has 0 amide bonds. The van der Waals surface area contributed by atoms with E-state index in [-0.39, 0.29) is 12.2 Å². The van der Waals surface area contributed by atoms with Crippen molar-refractivity contribution in [3.05, 3.63) is 28.3 Å². The fraction of sp³-hybridized carbons (Fsp3) is 0.625. The van der Waals surface area contributed by atoms with Crippen molar-refractivity contribution in [2.24, 2.45) is 0 Å². The maximum atomic E-state index is 9.72. The van der Waals surface area contributed by atoms with Gasteiger partial charge in [0.15, 0.2) is 0 Å². The summed E-state index contributed by atoms with van der Waals surface area (Å²) in [4.78, 5) is 0. The smallest absolute Gasteiger partial charge is 0.130 e. The van der Waals surface area contributed by atoms with Gasteiger partial charge in [0.05, 0.1) is 6.10 Å². The number of aliphatic hydroxyl groups is 1. The maximum absolute atomic E-state index is 9.72. The summed E-state index contributed by atoms with van der Waals surface area (Å²) >= 11 is 6.26. The lowest BCUT2D eigenvalue weighted by Gasteiger charge is -2.41. The average Bonchev–Trinajstić information content (AvgIpc) is 2.37. The van der Waals surface area contributed by atoms with Gasteiger partial charge in [0.25, 0.3) is 0 Å². The summed E-state index contributed by atoms with van der Waals surface area (Å²) in [5.41, 5.74) is 2.09. The first kappa shape index (κ1) is 15.6. The zero-order chi connectivity index (χ0) is 14.9. The van der Waals surface area contributed by atoms with Crippen molar-refractivity contribution in [2.75, 3.05) is 6.61 Å². The zero-order valence-corrected chi connectivity index (χ0v) is 13.3. The predicted octanol–water partition coefficient (Wildman–Crippen LogP) is 3.69. The molecule has 0 aromatic heterocycles. The summed E-state index contributed by atoms with van der Waals surface area (Å²) in [5.74, 6) is 1.18. The molecule has 3 nitrogen and oxygen atoms in total. The normalized spacial score (nSPS) is 25.6. The third-order valence-electron chi connectivity index (χ3n) is 3.77. The van der Waals surface area contributed by atoms with Crippen molar-refractivity contribution in [3.8, 4) is 5.75 Å². The number of halogens is 1. The molecular formula is C16H23ClO3. The molecule has 112 valence electrons. The molecular weight excluding hydrogens is 276 g/mol. The SMILES string of the molecule is CCOC1C(O)CC1Oc1cc(C(C)C)c(Cl)cc1C. The number of hydrogen-bond acceptors (Lipinski definition) is 3. The van der Waals surface area contributed by atoms with Crippen molar-refractivity contribution in [1.82, 2.24) is 0 Å². The van der Waals surface area contributed by atoms with Crippen LogP contribution in [0.5, 0.6) is 5.75 Å². The lowest BCUT2D eigenvalue weighted by Crippen LogP contribution is -2.55. The van der Waals surface area contributed by atoms with E-state index in [0.717, 1.165) is 21.9 Å². The minimum atomic E-state index is -0.419. The Kier molecular flexibility index (Phi) is 4.95. The molecule has 0 heterocycles. The van der Waals surface area contributed by atoms with E-state index >= 15 is 0 Å². The number of rotatable bonds is 5. The molecule has 0 spiro atoms. The van der Waals surface area contributed by atoms with Crippen molar-refractivity contribution in [2.45, 2.75) is 58.3 Å². The summed E-state index contributed by atoms with van der Waals surface area (Å²) in [5, 5.41) is 10.5. The van der Waals surface area contributed by atoms with Crippen LogP contribution in [-0.2, 0) is 4.74 Å². The van der Waals surface area contributed by atoms with Gasteiger partial charge in [0, 0.05) is 18.1 Å². The van der Waals surface area contributed by atoms with E-state index in [4.69, 9.17) is 21.1 Å². The Balaban J connectivity index is 2.15. The molecule has 1 saturated carbocycles.